The van der Waals surface area contributed by atoms with Crippen molar-refractivity contribution in [3.8, 4) is 5.75 Å². The van der Waals surface area contributed by atoms with Gasteiger partial charge in [0.2, 0.25) is 0 Å². The molecule has 1 aliphatic carbocycles. The average Bonchev–Trinajstić information content (AvgIpc) is 2.40. The van der Waals surface area contributed by atoms with Crippen LogP contribution in [0.25, 0.3) is 0 Å². The summed E-state index contributed by atoms with van der Waals surface area (Å²) in [6.07, 6.45) is 3.96. The third kappa shape index (κ3) is 3.97. The lowest BCUT2D eigenvalue weighted by Crippen LogP contribution is -2.46. The van der Waals surface area contributed by atoms with E-state index in [1.165, 1.54) is 12.0 Å². The lowest BCUT2D eigenvalue weighted by atomic mass is 9.91. The smallest absolute Gasteiger partial charge is 0.260 e. The van der Waals surface area contributed by atoms with Crippen molar-refractivity contribution in [1.29, 1.82) is 0 Å². The first-order chi connectivity index (χ1) is 9.70. The Bertz CT molecular complexity index is 426. The van der Waals surface area contributed by atoms with Crippen molar-refractivity contribution in [2.45, 2.75) is 38.6 Å². The molecule has 0 aromatic heterocycles. The largest absolute Gasteiger partial charge is 0.484 e. The van der Waals surface area contributed by atoms with Gasteiger partial charge in [0.05, 0.1) is 0 Å². The van der Waals surface area contributed by atoms with Crippen LogP contribution in [0.5, 0.6) is 5.75 Å². The van der Waals surface area contributed by atoms with Gasteiger partial charge in [-0.25, -0.2) is 0 Å². The Morgan fingerprint density at radius 1 is 1.35 bits per heavy atom. The molecule has 0 aliphatic heterocycles. The van der Waals surface area contributed by atoms with E-state index in [4.69, 9.17) is 9.84 Å². The summed E-state index contributed by atoms with van der Waals surface area (Å²) in [7, 11) is 0. The van der Waals surface area contributed by atoms with Gasteiger partial charge in [0, 0.05) is 19.2 Å². The second-order valence-electron chi connectivity index (χ2n) is 5.35. The molecule has 1 fully saturated rings. The molecule has 0 radical (unpaired) electrons. The molecular weight excluding hydrogens is 254 g/mol. The Morgan fingerprint density at radius 3 is 2.60 bits per heavy atom. The number of carbonyl (C=O) groups is 1. The van der Waals surface area contributed by atoms with Crippen LogP contribution >= 0.6 is 0 Å². The lowest BCUT2D eigenvalue weighted by Gasteiger charge is -2.37. The molecule has 0 unspecified atom stereocenters. The molecular formula is C16H23NO3. The van der Waals surface area contributed by atoms with Crippen molar-refractivity contribution in [3.05, 3.63) is 29.8 Å². The van der Waals surface area contributed by atoms with Crippen molar-refractivity contribution in [1.82, 2.24) is 4.90 Å². The predicted octanol–water partition coefficient (Wildman–Crippen LogP) is 2.14. The van der Waals surface area contributed by atoms with Crippen LogP contribution in [-0.4, -0.2) is 41.7 Å². The molecule has 0 saturated heterocycles. The summed E-state index contributed by atoms with van der Waals surface area (Å²) in [6.45, 7) is 2.83. The average molecular weight is 277 g/mol. The fourth-order valence-corrected chi connectivity index (χ4v) is 2.31. The SMILES string of the molecule is Cc1ccc(OCC(=O)N(CCCO)C2CCC2)cc1. The fraction of sp³-hybridized carbons (Fsp3) is 0.562. The second kappa shape index (κ2) is 7.29. The topological polar surface area (TPSA) is 49.8 Å². The maximum absolute atomic E-state index is 12.2. The van der Waals surface area contributed by atoms with Crippen LogP contribution in [0, 0.1) is 6.92 Å². The predicted molar refractivity (Wildman–Crippen MR) is 77.7 cm³/mol. The van der Waals surface area contributed by atoms with Crippen molar-refractivity contribution in [2.75, 3.05) is 19.8 Å². The normalized spacial score (nSPS) is 14.7. The van der Waals surface area contributed by atoms with Crippen molar-refractivity contribution >= 4 is 5.91 Å². The van der Waals surface area contributed by atoms with Gasteiger partial charge in [-0.1, -0.05) is 17.7 Å². The minimum atomic E-state index is 0.0173. The molecule has 110 valence electrons. The first-order valence-electron chi connectivity index (χ1n) is 7.30. The molecule has 2 rings (SSSR count). The highest BCUT2D eigenvalue weighted by Crippen LogP contribution is 2.25. The summed E-state index contributed by atoms with van der Waals surface area (Å²) in [5.41, 5.74) is 1.17. The number of aliphatic hydroxyl groups is 1. The molecule has 4 nitrogen and oxygen atoms in total. The second-order valence-corrected chi connectivity index (χ2v) is 5.35. The molecule has 1 aromatic rings. The van der Waals surface area contributed by atoms with Gasteiger partial charge in [0.1, 0.15) is 5.75 Å². The van der Waals surface area contributed by atoms with E-state index in [0.29, 0.717) is 19.0 Å². The Labute approximate surface area is 120 Å². The quantitative estimate of drug-likeness (QED) is 0.830. The van der Waals surface area contributed by atoms with E-state index in [1.54, 1.807) is 0 Å². The summed E-state index contributed by atoms with van der Waals surface area (Å²) in [4.78, 5) is 14.1. The maximum atomic E-state index is 12.2. The highest BCUT2D eigenvalue weighted by atomic mass is 16.5. The standard InChI is InChI=1S/C16H23NO3/c1-13-6-8-15(9-7-13)20-12-16(19)17(10-3-11-18)14-4-2-5-14/h6-9,14,18H,2-5,10-12H2,1H3. The van der Waals surface area contributed by atoms with Gasteiger partial charge >= 0.3 is 0 Å². The molecule has 1 N–H and O–H groups in total. The summed E-state index contributed by atoms with van der Waals surface area (Å²) in [5.74, 6) is 0.739. The van der Waals surface area contributed by atoms with Crippen LogP contribution in [-0.2, 0) is 4.79 Å². The summed E-state index contributed by atoms with van der Waals surface area (Å²) >= 11 is 0. The number of rotatable bonds is 7. The number of hydrogen-bond acceptors (Lipinski definition) is 3. The first-order valence-corrected chi connectivity index (χ1v) is 7.30. The zero-order chi connectivity index (χ0) is 14.4. The Morgan fingerprint density at radius 2 is 2.05 bits per heavy atom. The highest BCUT2D eigenvalue weighted by molar-refractivity contribution is 5.78. The van der Waals surface area contributed by atoms with E-state index in [1.807, 2.05) is 36.1 Å². The van der Waals surface area contributed by atoms with E-state index in [-0.39, 0.29) is 19.1 Å². The lowest BCUT2D eigenvalue weighted by molar-refractivity contribution is -0.137. The zero-order valence-electron chi connectivity index (χ0n) is 12.0. The number of ether oxygens (including phenoxy) is 1. The third-order valence-corrected chi connectivity index (χ3v) is 3.78. The minimum Gasteiger partial charge on any atom is -0.484 e. The van der Waals surface area contributed by atoms with Crippen LogP contribution in [0.4, 0.5) is 0 Å². The van der Waals surface area contributed by atoms with Crippen LogP contribution < -0.4 is 4.74 Å². The Kier molecular flexibility index (Phi) is 5.41. The number of benzene rings is 1. The van der Waals surface area contributed by atoms with E-state index in [0.717, 1.165) is 18.6 Å². The van der Waals surface area contributed by atoms with Crippen molar-refractivity contribution in [3.63, 3.8) is 0 Å². The van der Waals surface area contributed by atoms with E-state index < -0.39 is 0 Å². The maximum Gasteiger partial charge on any atom is 0.260 e. The monoisotopic (exact) mass is 277 g/mol. The number of carbonyl (C=O) groups excluding carboxylic acids is 1. The molecule has 0 bridgehead atoms. The highest BCUT2D eigenvalue weighted by Gasteiger charge is 2.28. The zero-order valence-corrected chi connectivity index (χ0v) is 12.0. The van der Waals surface area contributed by atoms with E-state index in [2.05, 4.69) is 0 Å². The number of aryl methyl sites for hydroxylation is 1. The minimum absolute atomic E-state index is 0.0173. The molecule has 1 amide bonds. The van der Waals surface area contributed by atoms with Crippen LogP contribution in [0.15, 0.2) is 24.3 Å². The summed E-state index contributed by atoms with van der Waals surface area (Å²) in [6, 6.07) is 8.04. The Hall–Kier alpha value is -1.55. The van der Waals surface area contributed by atoms with Crippen molar-refractivity contribution in [2.24, 2.45) is 0 Å². The van der Waals surface area contributed by atoms with Gasteiger partial charge in [-0.15, -0.1) is 0 Å². The molecule has 4 heteroatoms. The molecule has 1 aliphatic rings. The van der Waals surface area contributed by atoms with Crippen LogP contribution in [0.1, 0.15) is 31.2 Å². The van der Waals surface area contributed by atoms with E-state index >= 15 is 0 Å². The van der Waals surface area contributed by atoms with Gasteiger partial charge in [-0.05, 0) is 44.7 Å². The van der Waals surface area contributed by atoms with Gasteiger partial charge in [-0.2, -0.15) is 0 Å². The molecule has 1 aromatic carbocycles. The van der Waals surface area contributed by atoms with Gasteiger partial charge < -0.3 is 14.7 Å². The molecule has 1 saturated carbocycles. The fourth-order valence-electron chi connectivity index (χ4n) is 2.31. The molecule has 0 heterocycles. The van der Waals surface area contributed by atoms with Gasteiger partial charge in [-0.3, -0.25) is 4.79 Å². The Balaban J connectivity index is 1.85. The van der Waals surface area contributed by atoms with E-state index in [9.17, 15) is 4.79 Å². The third-order valence-electron chi connectivity index (χ3n) is 3.78. The summed E-state index contributed by atoms with van der Waals surface area (Å²) < 4.78 is 5.55. The first kappa shape index (κ1) is 14.9. The van der Waals surface area contributed by atoms with Crippen LogP contribution in [0.2, 0.25) is 0 Å². The van der Waals surface area contributed by atoms with Crippen molar-refractivity contribution < 1.29 is 14.6 Å². The molecule has 20 heavy (non-hydrogen) atoms. The number of aliphatic hydroxyl groups excluding tert-OH is 1. The molecule has 0 spiro atoms. The number of amides is 1. The van der Waals surface area contributed by atoms with Gasteiger partial charge in [0.25, 0.3) is 5.91 Å². The molecule has 0 atom stereocenters. The number of hydrogen-bond donors (Lipinski definition) is 1. The van der Waals surface area contributed by atoms with Gasteiger partial charge in [0.15, 0.2) is 6.61 Å². The van der Waals surface area contributed by atoms with Crippen LogP contribution in [0.3, 0.4) is 0 Å². The summed E-state index contributed by atoms with van der Waals surface area (Å²) in [5, 5.41) is 8.93. The number of nitrogens with zero attached hydrogens (tertiary/aromatic N) is 1.